The minimum atomic E-state index is -1.85. The molecule has 0 spiro atoms. The maximum absolute atomic E-state index is 14.5. The van der Waals surface area contributed by atoms with Gasteiger partial charge in [-0.05, 0) is 97.1 Å². The molecule has 0 saturated carbocycles. The highest BCUT2D eigenvalue weighted by Crippen LogP contribution is 2.38. The monoisotopic (exact) mass is 1390 g/mol. The SMILES string of the molecule is CO[C@@H]1O[C@@H](CO[C@@H]2O[C@@H](CO[C@@H]3O[C@@H](COC(=O)c4ccccc4)[C@H](O[C@@H]4O[C@@H](COC(=O)c5ccccc5)[C@H](OC(=O)c5ccccc5)[C@H]4OC(=O)c4ccccc4)[C@H]3OC(=O)c3ccccc3)[C@H](O)[C@H]2OC(=O)c2ccccc2)[C@H](OC(=O)c2ccccc2)[C@H]1OC(=O)c1ccccc1. The topological polar surface area (TPSA) is 304 Å². The second kappa shape index (κ2) is 34.0. The third-order valence-corrected chi connectivity index (χ3v) is 16.8. The van der Waals surface area contributed by atoms with Gasteiger partial charge in [0.05, 0.1) is 57.7 Å². The number of esters is 8. The van der Waals surface area contributed by atoms with Crippen LogP contribution in [0.2, 0.25) is 0 Å². The van der Waals surface area contributed by atoms with Gasteiger partial charge in [-0.2, -0.15) is 0 Å². The zero-order valence-corrected chi connectivity index (χ0v) is 54.4. The first-order valence-corrected chi connectivity index (χ1v) is 32.5. The van der Waals surface area contributed by atoms with Gasteiger partial charge in [0.1, 0.15) is 49.8 Å². The number of ether oxygens (including phenoxy) is 16. The predicted octanol–water partition coefficient (Wildman–Crippen LogP) is 8.38. The fraction of sp³-hybridized carbons (Fsp3) is 0.273. The standard InChI is InChI=1S/C77H68O25/c1-87-74-63(99-71(84)51-36-20-7-21-37-51)59(96-68(81)48-30-14-4-15-31-48)57(93-74)45-91-75-62(98-70(83)50-34-18-6-19-35-50)58(78)54(92-75)42-90-76-64(100-72(85)52-38-22-8-23-39-52)61(56(94-76)44-89-67(80)47-28-12-3-13-29-47)102-77-65(101-73(86)53-40-24-9-25-41-53)60(97-69(82)49-32-16-5-17-33-49)55(95-77)43-88-66(79)46-26-10-2-11-27-46/h2-41,54-65,74-78H,42-45H2,1H3/t54-,55-,56-,57-,58-,59-,60-,61-,62+,63+,64+,65+,74+,75+,76+,77-/m0/s1. The lowest BCUT2D eigenvalue weighted by molar-refractivity contribution is -0.219. The maximum Gasteiger partial charge on any atom is 0.338 e. The van der Waals surface area contributed by atoms with Crippen LogP contribution >= 0.6 is 0 Å². The first kappa shape index (κ1) is 71.0. The van der Waals surface area contributed by atoms with Gasteiger partial charge in [0.2, 0.25) is 0 Å². The van der Waals surface area contributed by atoms with E-state index in [-0.39, 0.29) is 44.5 Å². The first-order valence-electron chi connectivity index (χ1n) is 32.5. The van der Waals surface area contributed by atoms with Crippen LogP contribution in [0, 0.1) is 0 Å². The summed E-state index contributed by atoms with van der Waals surface area (Å²) in [5, 5.41) is 12.4. The van der Waals surface area contributed by atoms with Crippen molar-refractivity contribution in [3.63, 3.8) is 0 Å². The molecule has 4 saturated heterocycles. The average Bonchev–Trinajstić information content (AvgIpc) is 1.61. The normalized spacial score (nSPS) is 25.6. The van der Waals surface area contributed by atoms with E-state index in [1.54, 1.807) is 146 Å². The highest BCUT2D eigenvalue weighted by molar-refractivity contribution is 5.93. The van der Waals surface area contributed by atoms with Gasteiger partial charge in [0, 0.05) is 7.11 Å². The molecule has 102 heavy (non-hydrogen) atoms. The van der Waals surface area contributed by atoms with Crippen LogP contribution < -0.4 is 0 Å². The molecule has 0 bridgehead atoms. The van der Waals surface area contributed by atoms with Crippen molar-refractivity contribution in [1.82, 2.24) is 0 Å². The number of methoxy groups -OCH3 is 1. The molecule has 1 N–H and O–H groups in total. The van der Waals surface area contributed by atoms with E-state index < -0.39 is 173 Å². The van der Waals surface area contributed by atoms with E-state index in [0.717, 1.165) is 0 Å². The number of rotatable bonds is 27. The van der Waals surface area contributed by atoms with E-state index in [2.05, 4.69) is 0 Å². The molecule has 25 heteroatoms. The molecule has 12 rings (SSSR count). The fourth-order valence-electron chi connectivity index (χ4n) is 11.6. The number of aliphatic hydroxyl groups is 1. The zero-order chi connectivity index (χ0) is 70.9. The summed E-state index contributed by atoms with van der Waals surface area (Å²) in [6, 6.07) is 63.2. The Balaban J connectivity index is 0.861. The zero-order valence-electron chi connectivity index (χ0n) is 54.4. The number of hydrogen-bond acceptors (Lipinski definition) is 25. The van der Waals surface area contributed by atoms with E-state index in [4.69, 9.17) is 75.8 Å². The van der Waals surface area contributed by atoms with Crippen LogP contribution in [0.1, 0.15) is 82.9 Å². The van der Waals surface area contributed by atoms with E-state index in [9.17, 15) is 43.5 Å². The lowest BCUT2D eigenvalue weighted by atomic mass is 10.1. The Morgan fingerprint density at radius 3 is 0.853 bits per heavy atom. The Bertz CT molecular complexity index is 4110. The maximum atomic E-state index is 14.5. The molecule has 25 nitrogen and oxygen atoms in total. The van der Waals surface area contributed by atoms with Crippen LogP contribution in [0.15, 0.2) is 243 Å². The summed E-state index contributed by atoms with van der Waals surface area (Å²) in [7, 11) is 1.29. The van der Waals surface area contributed by atoms with E-state index in [1.165, 1.54) is 104 Å². The molecule has 526 valence electrons. The van der Waals surface area contributed by atoms with Crippen molar-refractivity contribution in [3.8, 4) is 0 Å². The van der Waals surface area contributed by atoms with Crippen LogP contribution in [0.3, 0.4) is 0 Å². The predicted molar refractivity (Wildman–Crippen MR) is 352 cm³/mol. The van der Waals surface area contributed by atoms with Crippen molar-refractivity contribution in [2.24, 2.45) is 0 Å². The van der Waals surface area contributed by atoms with Crippen molar-refractivity contribution in [2.75, 3.05) is 33.5 Å². The molecule has 0 radical (unpaired) electrons. The Kier molecular flexibility index (Phi) is 23.7. The molecule has 8 aromatic rings. The van der Waals surface area contributed by atoms with Crippen LogP contribution in [-0.4, -0.2) is 185 Å². The minimum Gasteiger partial charge on any atom is -0.459 e. The third kappa shape index (κ3) is 17.5. The molecule has 4 aliphatic heterocycles. The molecular formula is C77H68O25. The van der Waals surface area contributed by atoms with Gasteiger partial charge >= 0.3 is 47.8 Å². The second-order valence-electron chi connectivity index (χ2n) is 23.5. The molecule has 0 aliphatic carbocycles. The molecule has 4 aliphatic rings. The van der Waals surface area contributed by atoms with E-state index >= 15 is 0 Å². The van der Waals surface area contributed by atoms with Gasteiger partial charge in [-0.25, -0.2) is 38.4 Å². The number of hydrogen-bond donors (Lipinski definition) is 1. The lowest BCUT2D eigenvalue weighted by Gasteiger charge is -2.29. The summed E-state index contributed by atoms with van der Waals surface area (Å²) in [5.74, 6) is -6.94. The molecule has 0 unspecified atom stereocenters. The smallest absolute Gasteiger partial charge is 0.338 e. The summed E-state index contributed by atoms with van der Waals surface area (Å²) < 4.78 is 99.4. The molecule has 0 aromatic heterocycles. The summed E-state index contributed by atoms with van der Waals surface area (Å²) in [4.78, 5) is 112. The largest absolute Gasteiger partial charge is 0.459 e. The van der Waals surface area contributed by atoms with Crippen LogP contribution in [0.4, 0.5) is 0 Å². The van der Waals surface area contributed by atoms with Crippen LogP contribution in [0.25, 0.3) is 0 Å². The number of carbonyl (C=O) groups excluding carboxylic acids is 8. The second-order valence-corrected chi connectivity index (χ2v) is 23.5. The highest BCUT2D eigenvalue weighted by atomic mass is 16.8. The Hall–Kier alpha value is -10.8. The molecular weight excluding hydrogens is 1320 g/mol. The summed E-state index contributed by atoms with van der Waals surface area (Å²) in [6.07, 6.45) is -25.5. The summed E-state index contributed by atoms with van der Waals surface area (Å²) >= 11 is 0. The fourth-order valence-corrected chi connectivity index (χ4v) is 11.6. The lowest BCUT2D eigenvalue weighted by Crippen LogP contribution is -2.47. The van der Waals surface area contributed by atoms with Crippen molar-refractivity contribution in [1.29, 1.82) is 0 Å². The number of aliphatic hydroxyl groups excluding tert-OH is 1. The molecule has 16 atom stereocenters. The van der Waals surface area contributed by atoms with Gasteiger partial charge in [-0.1, -0.05) is 146 Å². The minimum absolute atomic E-state index is 0.0346. The molecule has 4 heterocycles. The van der Waals surface area contributed by atoms with Crippen molar-refractivity contribution in [3.05, 3.63) is 287 Å². The van der Waals surface area contributed by atoms with Gasteiger partial charge < -0.3 is 80.9 Å². The number of benzene rings is 8. The van der Waals surface area contributed by atoms with Crippen molar-refractivity contribution >= 4 is 47.8 Å². The van der Waals surface area contributed by atoms with E-state index in [1.807, 2.05) is 0 Å². The highest BCUT2D eigenvalue weighted by Gasteiger charge is 2.58. The third-order valence-electron chi connectivity index (χ3n) is 16.8. The average molecular weight is 1390 g/mol. The quantitative estimate of drug-likeness (QED) is 0.0373. The van der Waals surface area contributed by atoms with E-state index in [0.29, 0.717) is 0 Å². The van der Waals surface area contributed by atoms with Gasteiger partial charge in [0.25, 0.3) is 0 Å². The Labute approximate surface area is 583 Å². The molecule has 0 amide bonds. The summed E-state index contributed by atoms with van der Waals surface area (Å²) in [6.45, 7) is -2.55. The molecule has 4 fully saturated rings. The first-order chi connectivity index (χ1) is 49.8. The Morgan fingerprint density at radius 1 is 0.275 bits per heavy atom. The summed E-state index contributed by atoms with van der Waals surface area (Å²) in [5.41, 5.74) is 0.864. The van der Waals surface area contributed by atoms with Crippen LogP contribution in [-0.2, 0) is 75.8 Å². The van der Waals surface area contributed by atoms with Crippen molar-refractivity contribution < 1.29 is 119 Å². The van der Waals surface area contributed by atoms with Gasteiger partial charge in [-0.3, -0.25) is 0 Å². The van der Waals surface area contributed by atoms with Gasteiger partial charge in [0.15, 0.2) is 61.8 Å². The van der Waals surface area contributed by atoms with Crippen LogP contribution in [0.5, 0.6) is 0 Å². The molecule has 8 aromatic carbocycles. The van der Waals surface area contributed by atoms with Crippen molar-refractivity contribution in [2.45, 2.75) is 98.4 Å². The Morgan fingerprint density at radius 2 is 0.510 bits per heavy atom. The number of carbonyl (C=O) groups is 8. The van der Waals surface area contributed by atoms with Gasteiger partial charge in [-0.15, -0.1) is 0 Å².